The average molecular weight is 323 g/mol. The molecule has 0 aliphatic rings. The predicted octanol–water partition coefficient (Wildman–Crippen LogP) is 2.55. The number of nitrogens with one attached hydrogen (secondary N) is 1. The molecule has 8 heteroatoms. The first-order valence-electron chi connectivity index (χ1n) is 6.31. The molecule has 3 rings (SSSR count). The Bertz CT molecular complexity index is 938. The fraction of sp³-hybridized carbons (Fsp3) is 0.0714. The Kier molecular flexibility index (Phi) is 3.53. The Morgan fingerprint density at radius 3 is 2.77 bits per heavy atom. The van der Waals surface area contributed by atoms with E-state index in [4.69, 9.17) is 0 Å². The highest BCUT2D eigenvalue weighted by Gasteiger charge is 2.16. The van der Waals surface area contributed by atoms with Crippen molar-refractivity contribution in [3.63, 3.8) is 0 Å². The summed E-state index contributed by atoms with van der Waals surface area (Å²) < 4.78 is 54.7. The van der Waals surface area contributed by atoms with Crippen molar-refractivity contribution in [2.24, 2.45) is 0 Å². The predicted molar refractivity (Wildman–Crippen MR) is 77.8 cm³/mol. The molecular formula is C14H11F2N3O2S. The molecule has 22 heavy (non-hydrogen) atoms. The van der Waals surface area contributed by atoms with Crippen LogP contribution in [0.1, 0.15) is 5.56 Å². The first-order valence-corrected chi connectivity index (χ1v) is 7.96. The van der Waals surface area contributed by atoms with Gasteiger partial charge in [0.1, 0.15) is 11.6 Å². The second kappa shape index (κ2) is 5.38. The molecule has 0 unspecified atom stereocenters. The van der Waals surface area contributed by atoms with Crippen LogP contribution in [0.4, 0.5) is 14.5 Å². The molecule has 0 saturated heterocycles. The summed E-state index contributed by atoms with van der Waals surface area (Å²) >= 11 is 0. The first-order chi connectivity index (χ1) is 10.4. The van der Waals surface area contributed by atoms with Crippen molar-refractivity contribution >= 4 is 21.2 Å². The van der Waals surface area contributed by atoms with Crippen molar-refractivity contribution in [3.05, 3.63) is 66.0 Å². The molecule has 5 nitrogen and oxygen atoms in total. The maximum Gasteiger partial charge on any atom is 0.237 e. The second-order valence-electron chi connectivity index (χ2n) is 4.71. The lowest BCUT2D eigenvalue weighted by Gasteiger charge is -2.09. The van der Waals surface area contributed by atoms with Gasteiger partial charge in [0.25, 0.3) is 0 Å². The van der Waals surface area contributed by atoms with E-state index in [-0.39, 0.29) is 5.56 Å². The van der Waals surface area contributed by atoms with Crippen LogP contribution in [0.3, 0.4) is 0 Å². The minimum Gasteiger partial charge on any atom is -0.283 e. The van der Waals surface area contributed by atoms with Crippen LogP contribution in [0.2, 0.25) is 0 Å². The molecule has 0 fully saturated rings. The lowest BCUT2D eigenvalue weighted by Crippen LogP contribution is -2.16. The van der Waals surface area contributed by atoms with E-state index in [2.05, 4.69) is 9.82 Å². The van der Waals surface area contributed by atoms with Crippen molar-refractivity contribution in [1.82, 2.24) is 9.61 Å². The number of fused-ring (bicyclic) bond motifs is 1. The first kappa shape index (κ1) is 14.5. The molecule has 1 N–H and O–H groups in total. The van der Waals surface area contributed by atoms with Crippen molar-refractivity contribution in [3.8, 4) is 0 Å². The van der Waals surface area contributed by atoms with Crippen LogP contribution >= 0.6 is 0 Å². The minimum atomic E-state index is -3.86. The Balaban J connectivity index is 1.85. The molecule has 0 radical (unpaired) electrons. The number of sulfonamides is 1. The Morgan fingerprint density at radius 1 is 1.14 bits per heavy atom. The minimum absolute atomic E-state index is 0.224. The number of pyridine rings is 1. The highest BCUT2D eigenvalue weighted by atomic mass is 32.2. The van der Waals surface area contributed by atoms with Gasteiger partial charge >= 0.3 is 0 Å². The fourth-order valence-corrected chi connectivity index (χ4v) is 3.25. The topological polar surface area (TPSA) is 63.5 Å². The Hall–Kier alpha value is -2.48. The highest BCUT2D eigenvalue weighted by Crippen LogP contribution is 2.17. The average Bonchev–Trinajstić information content (AvgIpc) is 2.89. The second-order valence-corrected chi connectivity index (χ2v) is 6.44. The monoisotopic (exact) mass is 323 g/mol. The summed E-state index contributed by atoms with van der Waals surface area (Å²) in [7, 11) is -3.86. The van der Waals surface area contributed by atoms with E-state index < -0.39 is 27.4 Å². The van der Waals surface area contributed by atoms with Crippen molar-refractivity contribution in [2.75, 3.05) is 4.72 Å². The third-order valence-electron chi connectivity index (χ3n) is 3.03. The number of hydrogen-bond acceptors (Lipinski definition) is 3. The zero-order valence-electron chi connectivity index (χ0n) is 11.2. The van der Waals surface area contributed by atoms with Crippen molar-refractivity contribution in [2.45, 2.75) is 5.75 Å². The van der Waals surface area contributed by atoms with Gasteiger partial charge in [0, 0.05) is 18.0 Å². The summed E-state index contributed by atoms with van der Waals surface area (Å²) in [6.45, 7) is 0. The van der Waals surface area contributed by atoms with E-state index in [0.29, 0.717) is 11.2 Å². The molecule has 0 spiro atoms. The molecule has 3 aromatic rings. The van der Waals surface area contributed by atoms with Gasteiger partial charge in [-0.3, -0.25) is 4.72 Å². The lowest BCUT2D eigenvalue weighted by atomic mass is 10.2. The molecule has 0 saturated carbocycles. The SMILES string of the molecule is O=S(=O)(Cc1cc(F)ccc1F)Nc1ccn2nccc2c1. The number of halogens is 2. The molecule has 0 aliphatic carbocycles. The van der Waals surface area contributed by atoms with Gasteiger partial charge in [0.05, 0.1) is 17.0 Å². The van der Waals surface area contributed by atoms with E-state index in [1.807, 2.05) is 0 Å². The number of aromatic nitrogens is 2. The quantitative estimate of drug-likeness (QED) is 0.802. The standard InChI is InChI=1S/C14H11F2N3O2S/c15-11-1-2-14(16)10(7-11)9-22(20,21)18-12-4-6-19-13(8-12)3-5-17-19/h1-8,18H,9H2. The maximum atomic E-state index is 13.5. The third kappa shape index (κ3) is 3.06. The van der Waals surface area contributed by atoms with Crippen LogP contribution < -0.4 is 4.72 Å². The van der Waals surface area contributed by atoms with E-state index >= 15 is 0 Å². The molecule has 2 heterocycles. The van der Waals surface area contributed by atoms with E-state index in [9.17, 15) is 17.2 Å². The normalized spacial score (nSPS) is 11.7. The third-order valence-corrected chi connectivity index (χ3v) is 4.26. The van der Waals surface area contributed by atoms with Gasteiger partial charge < -0.3 is 0 Å². The van der Waals surface area contributed by atoms with Gasteiger partial charge in [0.2, 0.25) is 10.0 Å². The maximum absolute atomic E-state index is 13.5. The smallest absolute Gasteiger partial charge is 0.237 e. The fourth-order valence-electron chi connectivity index (χ4n) is 2.06. The summed E-state index contributed by atoms with van der Waals surface area (Å²) in [6.07, 6.45) is 3.17. The number of anilines is 1. The molecule has 0 amide bonds. The van der Waals surface area contributed by atoms with Gasteiger partial charge in [-0.1, -0.05) is 0 Å². The van der Waals surface area contributed by atoms with Crippen LogP contribution in [-0.4, -0.2) is 18.0 Å². The summed E-state index contributed by atoms with van der Waals surface area (Å²) in [6, 6.07) is 7.54. The number of rotatable bonds is 4. The molecule has 0 bridgehead atoms. The molecule has 0 aliphatic heterocycles. The molecule has 0 atom stereocenters. The van der Waals surface area contributed by atoms with Crippen LogP contribution in [0.25, 0.3) is 5.52 Å². The van der Waals surface area contributed by atoms with Crippen molar-refractivity contribution < 1.29 is 17.2 Å². The zero-order valence-corrected chi connectivity index (χ0v) is 12.0. The summed E-state index contributed by atoms with van der Waals surface area (Å²) in [5.74, 6) is -2.11. The highest BCUT2D eigenvalue weighted by molar-refractivity contribution is 7.91. The van der Waals surface area contributed by atoms with Gasteiger partial charge in [-0.15, -0.1) is 0 Å². The van der Waals surface area contributed by atoms with Gasteiger partial charge in [-0.25, -0.2) is 21.7 Å². The van der Waals surface area contributed by atoms with E-state index in [0.717, 1.165) is 18.2 Å². The number of benzene rings is 1. The van der Waals surface area contributed by atoms with Gasteiger partial charge in [-0.05, 0) is 36.4 Å². The molecular weight excluding hydrogens is 312 g/mol. The van der Waals surface area contributed by atoms with Gasteiger partial charge in [-0.2, -0.15) is 5.10 Å². The lowest BCUT2D eigenvalue weighted by molar-refractivity contribution is 0.581. The van der Waals surface area contributed by atoms with Gasteiger partial charge in [0.15, 0.2) is 0 Å². The summed E-state index contributed by atoms with van der Waals surface area (Å²) in [5.41, 5.74) is 0.805. The van der Waals surface area contributed by atoms with Crippen LogP contribution in [0.15, 0.2) is 48.8 Å². The summed E-state index contributed by atoms with van der Waals surface area (Å²) in [5, 5.41) is 3.99. The number of nitrogens with zero attached hydrogens (tertiary/aromatic N) is 2. The Morgan fingerprint density at radius 2 is 1.95 bits per heavy atom. The molecule has 114 valence electrons. The van der Waals surface area contributed by atoms with Crippen LogP contribution in [-0.2, 0) is 15.8 Å². The van der Waals surface area contributed by atoms with Crippen LogP contribution in [0, 0.1) is 11.6 Å². The molecule has 1 aromatic carbocycles. The number of hydrogen-bond donors (Lipinski definition) is 1. The van der Waals surface area contributed by atoms with E-state index in [1.165, 1.54) is 6.07 Å². The Labute approximate surface area is 125 Å². The van der Waals surface area contributed by atoms with E-state index in [1.54, 1.807) is 29.0 Å². The zero-order chi connectivity index (χ0) is 15.7. The van der Waals surface area contributed by atoms with Crippen LogP contribution in [0.5, 0.6) is 0 Å². The largest absolute Gasteiger partial charge is 0.283 e. The molecule has 2 aromatic heterocycles. The summed E-state index contributed by atoms with van der Waals surface area (Å²) in [4.78, 5) is 0. The van der Waals surface area contributed by atoms with Crippen molar-refractivity contribution in [1.29, 1.82) is 0 Å².